The Balaban J connectivity index is 1.97. The summed E-state index contributed by atoms with van der Waals surface area (Å²) < 4.78 is 7.42. The third-order valence-electron chi connectivity index (χ3n) is 4.14. The highest BCUT2D eigenvalue weighted by molar-refractivity contribution is 6.03. The van der Waals surface area contributed by atoms with E-state index in [0.717, 1.165) is 48.1 Å². The summed E-state index contributed by atoms with van der Waals surface area (Å²) in [4.78, 5) is 17.0. The number of carbonyl (C=O) groups is 1. The maximum atomic E-state index is 12.6. The molecule has 5 heteroatoms. The first-order chi connectivity index (χ1) is 10.1. The van der Waals surface area contributed by atoms with E-state index in [9.17, 15) is 4.79 Å². The van der Waals surface area contributed by atoms with Crippen LogP contribution < -0.4 is 0 Å². The van der Waals surface area contributed by atoms with Crippen molar-refractivity contribution >= 4 is 17.0 Å². The van der Waals surface area contributed by atoms with E-state index in [0.29, 0.717) is 5.56 Å². The molecule has 0 aliphatic heterocycles. The van der Waals surface area contributed by atoms with E-state index in [-0.39, 0.29) is 12.1 Å². The Labute approximate surface area is 124 Å². The molecule has 2 aromatic heterocycles. The van der Waals surface area contributed by atoms with E-state index in [2.05, 4.69) is 10.1 Å². The maximum absolute atomic E-state index is 12.6. The van der Waals surface area contributed by atoms with Crippen molar-refractivity contribution in [2.75, 3.05) is 0 Å². The first-order valence-electron chi connectivity index (χ1n) is 7.58. The van der Waals surface area contributed by atoms with Crippen LogP contribution in [-0.2, 0) is 11.8 Å². The summed E-state index contributed by atoms with van der Waals surface area (Å²) in [7, 11) is 1.85. The van der Waals surface area contributed by atoms with Crippen molar-refractivity contribution < 1.29 is 9.53 Å². The Kier molecular flexibility index (Phi) is 3.66. The van der Waals surface area contributed by atoms with E-state index in [4.69, 9.17) is 4.74 Å². The van der Waals surface area contributed by atoms with Crippen LogP contribution in [0.5, 0.6) is 0 Å². The molecule has 0 bridgehead atoms. The molecular formula is C16H21N3O2. The summed E-state index contributed by atoms with van der Waals surface area (Å²) in [5.74, 6) is -0.242. The number of esters is 1. The molecule has 2 aromatic rings. The minimum atomic E-state index is -0.242. The minimum absolute atomic E-state index is 0.0618. The summed E-state index contributed by atoms with van der Waals surface area (Å²) in [6.45, 7) is 3.79. The molecule has 21 heavy (non-hydrogen) atoms. The van der Waals surface area contributed by atoms with Gasteiger partial charge >= 0.3 is 5.97 Å². The molecule has 1 saturated carbocycles. The van der Waals surface area contributed by atoms with Crippen LogP contribution in [0.1, 0.15) is 53.8 Å². The molecule has 0 unspecified atom stereocenters. The van der Waals surface area contributed by atoms with Gasteiger partial charge in [0.1, 0.15) is 6.10 Å². The number of fused-ring (bicyclic) bond motifs is 1. The van der Waals surface area contributed by atoms with Crippen LogP contribution in [0.4, 0.5) is 0 Å². The first kappa shape index (κ1) is 14.0. The Bertz CT molecular complexity index is 684. The number of nitrogens with zero attached hydrogens (tertiary/aromatic N) is 3. The molecule has 1 fully saturated rings. The molecule has 0 atom stereocenters. The normalized spacial score (nSPS) is 16.3. The molecule has 112 valence electrons. The van der Waals surface area contributed by atoms with Crippen LogP contribution >= 0.6 is 0 Å². The second-order valence-electron chi connectivity index (χ2n) is 5.88. The number of carbonyl (C=O) groups excluding carboxylic acids is 1. The predicted octanol–water partition coefficient (Wildman–Crippen LogP) is 3.07. The predicted molar refractivity (Wildman–Crippen MR) is 80.3 cm³/mol. The summed E-state index contributed by atoms with van der Waals surface area (Å²) in [6, 6.07) is 1.81. The van der Waals surface area contributed by atoms with Gasteiger partial charge in [-0.25, -0.2) is 9.78 Å². The molecule has 1 aliphatic rings. The van der Waals surface area contributed by atoms with Crippen LogP contribution in [0.2, 0.25) is 0 Å². The Morgan fingerprint density at radius 2 is 2.00 bits per heavy atom. The number of ether oxygens (including phenoxy) is 1. The lowest BCUT2D eigenvalue weighted by Gasteiger charge is -2.22. The highest BCUT2D eigenvalue weighted by Gasteiger charge is 2.23. The summed E-state index contributed by atoms with van der Waals surface area (Å²) >= 11 is 0. The molecule has 0 aromatic carbocycles. The number of hydrogen-bond acceptors (Lipinski definition) is 4. The fraction of sp³-hybridized carbons (Fsp3) is 0.562. The van der Waals surface area contributed by atoms with Crippen molar-refractivity contribution in [2.24, 2.45) is 7.05 Å². The van der Waals surface area contributed by atoms with Crippen LogP contribution in [-0.4, -0.2) is 26.8 Å². The maximum Gasteiger partial charge on any atom is 0.339 e. The molecule has 0 saturated heterocycles. The molecule has 0 spiro atoms. The largest absolute Gasteiger partial charge is 0.459 e. The van der Waals surface area contributed by atoms with Crippen molar-refractivity contribution in [2.45, 2.75) is 52.1 Å². The smallest absolute Gasteiger partial charge is 0.339 e. The third kappa shape index (κ3) is 2.64. The zero-order chi connectivity index (χ0) is 15.0. The van der Waals surface area contributed by atoms with E-state index in [1.807, 2.05) is 27.0 Å². The van der Waals surface area contributed by atoms with Gasteiger partial charge in [-0.05, 0) is 45.6 Å². The Morgan fingerprint density at radius 1 is 1.29 bits per heavy atom. The molecule has 0 amide bonds. The molecule has 5 nitrogen and oxygen atoms in total. The standard InChI is InChI=1S/C16H21N3O2/c1-10-9-13(14-11(2)18-19(3)15(14)17-10)16(20)21-12-7-5-4-6-8-12/h9,12H,4-8H2,1-3H3. The van der Waals surface area contributed by atoms with Gasteiger partial charge in [-0.2, -0.15) is 5.10 Å². The quantitative estimate of drug-likeness (QED) is 0.796. The van der Waals surface area contributed by atoms with E-state index in [1.165, 1.54) is 6.42 Å². The van der Waals surface area contributed by atoms with Crippen LogP contribution in [0.3, 0.4) is 0 Å². The average molecular weight is 287 g/mol. The van der Waals surface area contributed by atoms with Gasteiger partial charge < -0.3 is 4.74 Å². The molecule has 0 N–H and O–H groups in total. The number of aromatic nitrogens is 3. The first-order valence-corrected chi connectivity index (χ1v) is 7.58. The molecule has 1 aliphatic carbocycles. The Hall–Kier alpha value is -1.91. The summed E-state index contributed by atoms with van der Waals surface area (Å²) in [5.41, 5.74) is 2.95. The van der Waals surface area contributed by atoms with Gasteiger partial charge in [-0.1, -0.05) is 6.42 Å². The average Bonchev–Trinajstić information content (AvgIpc) is 2.74. The second kappa shape index (κ2) is 5.47. The third-order valence-corrected chi connectivity index (χ3v) is 4.14. The van der Waals surface area contributed by atoms with E-state index < -0.39 is 0 Å². The van der Waals surface area contributed by atoms with Gasteiger partial charge in [0.15, 0.2) is 5.65 Å². The highest BCUT2D eigenvalue weighted by atomic mass is 16.5. The Morgan fingerprint density at radius 3 is 2.71 bits per heavy atom. The van der Waals surface area contributed by atoms with Gasteiger partial charge in [0.2, 0.25) is 0 Å². The van der Waals surface area contributed by atoms with Crippen molar-refractivity contribution in [1.82, 2.24) is 14.8 Å². The number of rotatable bonds is 2. The minimum Gasteiger partial charge on any atom is -0.459 e. The van der Waals surface area contributed by atoms with E-state index in [1.54, 1.807) is 4.68 Å². The van der Waals surface area contributed by atoms with Gasteiger partial charge in [0.25, 0.3) is 0 Å². The van der Waals surface area contributed by atoms with Gasteiger partial charge in [-0.3, -0.25) is 4.68 Å². The van der Waals surface area contributed by atoms with Crippen LogP contribution in [0.15, 0.2) is 6.07 Å². The number of pyridine rings is 1. The SMILES string of the molecule is Cc1cc(C(=O)OC2CCCCC2)c2c(C)nn(C)c2n1. The molecule has 2 heterocycles. The zero-order valence-corrected chi connectivity index (χ0v) is 12.8. The molecule has 3 rings (SSSR count). The molecule has 0 radical (unpaired) electrons. The van der Waals surface area contributed by atoms with Gasteiger partial charge in [0.05, 0.1) is 16.6 Å². The lowest BCUT2D eigenvalue weighted by Crippen LogP contribution is -2.21. The molecular weight excluding hydrogens is 266 g/mol. The highest BCUT2D eigenvalue weighted by Crippen LogP contribution is 2.25. The van der Waals surface area contributed by atoms with Gasteiger partial charge in [-0.15, -0.1) is 0 Å². The zero-order valence-electron chi connectivity index (χ0n) is 12.8. The number of hydrogen-bond donors (Lipinski definition) is 0. The number of aryl methyl sites for hydroxylation is 3. The topological polar surface area (TPSA) is 57.0 Å². The van der Waals surface area contributed by atoms with Crippen LogP contribution in [0, 0.1) is 13.8 Å². The van der Waals surface area contributed by atoms with Crippen molar-refractivity contribution in [3.63, 3.8) is 0 Å². The van der Waals surface area contributed by atoms with E-state index >= 15 is 0 Å². The fourth-order valence-corrected chi connectivity index (χ4v) is 3.13. The van der Waals surface area contributed by atoms with Crippen LogP contribution in [0.25, 0.3) is 11.0 Å². The van der Waals surface area contributed by atoms with Gasteiger partial charge in [0, 0.05) is 12.7 Å². The summed E-state index contributed by atoms with van der Waals surface area (Å²) in [6.07, 6.45) is 5.56. The summed E-state index contributed by atoms with van der Waals surface area (Å²) in [5, 5.41) is 5.18. The fourth-order valence-electron chi connectivity index (χ4n) is 3.13. The van der Waals surface area contributed by atoms with Crippen molar-refractivity contribution in [3.8, 4) is 0 Å². The monoisotopic (exact) mass is 287 g/mol. The lowest BCUT2D eigenvalue weighted by atomic mass is 9.98. The lowest BCUT2D eigenvalue weighted by molar-refractivity contribution is 0.0213. The van der Waals surface area contributed by atoms with Crippen molar-refractivity contribution in [3.05, 3.63) is 23.0 Å². The second-order valence-corrected chi connectivity index (χ2v) is 5.88. The van der Waals surface area contributed by atoms with Crippen molar-refractivity contribution in [1.29, 1.82) is 0 Å².